The fourth-order valence-corrected chi connectivity index (χ4v) is 9.50. The Kier molecular flexibility index (Phi) is 12.0. The van der Waals surface area contributed by atoms with E-state index in [9.17, 15) is 31.2 Å². The van der Waals surface area contributed by atoms with Crippen LogP contribution in [-0.2, 0) is 25.7 Å². The summed E-state index contributed by atoms with van der Waals surface area (Å²) in [6.07, 6.45) is 3.68. The fourth-order valence-electron chi connectivity index (χ4n) is 7.93. The number of benzene rings is 2. The number of piperidine rings is 1. The minimum Gasteiger partial charge on any atom is -0.493 e. The van der Waals surface area contributed by atoms with Crippen molar-refractivity contribution in [2.45, 2.75) is 113 Å². The highest BCUT2D eigenvalue weighted by molar-refractivity contribution is 7.89. The van der Waals surface area contributed by atoms with Gasteiger partial charge in [-0.3, -0.25) is 9.69 Å². The summed E-state index contributed by atoms with van der Waals surface area (Å²) < 4.78 is 81.6. The zero-order valence-electron chi connectivity index (χ0n) is 30.9. The molecule has 53 heavy (non-hydrogen) atoms. The normalized spacial score (nSPS) is 22.3. The Bertz CT molecular complexity index is 1660. The third kappa shape index (κ3) is 10.0. The largest absolute Gasteiger partial charge is 0.493 e. The van der Waals surface area contributed by atoms with Crippen LogP contribution in [0.25, 0.3) is 0 Å². The van der Waals surface area contributed by atoms with Gasteiger partial charge in [0.1, 0.15) is 17.4 Å². The summed E-state index contributed by atoms with van der Waals surface area (Å²) >= 11 is 0. The number of alkyl carbamates (subject to hydrolysis) is 1. The van der Waals surface area contributed by atoms with Gasteiger partial charge in [-0.25, -0.2) is 13.2 Å². The molecule has 1 N–H and O–H groups in total. The van der Waals surface area contributed by atoms with Crippen molar-refractivity contribution in [3.05, 3.63) is 59.7 Å². The van der Waals surface area contributed by atoms with Gasteiger partial charge >= 0.3 is 12.3 Å². The highest BCUT2D eigenvalue weighted by Gasteiger charge is 2.46. The SMILES string of the molecule is CC(C)(C)OC(=O)NC1CCN(C(=O)C2CN(C(c3ccc(C(F)(F)F)cc3)C3CC3)CCN2S(=O)(=O)c2ccc(OCC3CCCCC3)cc2)CC1. The highest BCUT2D eigenvalue weighted by atomic mass is 32.2. The van der Waals surface area contributed by atoms with Gasteiger partial charge in [0.15, 0.2) is 0 Å². The number of rotatable bonds is 10. The molecule has 10 nitrogen and oxygen atoms in total. The number of sulfonamides is 1. The van der Waals surface area contributed by atoms with Crippen LogP contribution in [0.5, 0.6) is 5.75 Å². The van der Waals surface area contributed by atoms with Crippen LogP contribution >= 0.6 is 0 Å². The van der Waals surface area contributed by atoms with Gasteiger partial charge in [0, 0.05) is 44.8 Å². The predicted molar refractivity (Wildman–Crippen MR) is 194 cm³/mol. The summed E-state index contributed by atoms with van der Waals surface area (Å²) in [5, 5.41) is 2.88. The van der Waals surface area contributed by atoms with E-state index in [0.717, 1.165) is 43.4 Å². The zero-order valence-corrected chi connectivity index (χ0v) is 31.8. The van der Waals surface area contributed by atoms with E-state index < -0.39 is 39.5 Å². The van der Waals surface area contributed by atoms with E-state index in [4.69, 9.17) is 9.47 Å². The number of amides is 2. The Morgan fingerprint density at radius 2 is 1.49 bits per heavy atom. The van der Waals surface area contributed by atoms with Gasteiger partial charge in [-0.05, 0) is 113 Å². The van der Waals surface area contributed by atoms with Gasteiger partial charge < -0.3 is 19.7 Å². The summed E-state index contributed by atoms with van der Waals surface area (Å²) in [6.45, 7) is 7.04. The number of alkyl halides is 3. The third-order valence-corrected chi connectivity index (χ3v) is 12.8. The number of hydrogen-bond donors (Lipinski definition) is 1. The second-order valence-corrected chi connectivity index (χ2v) is 18.0. The number of nitrogens with zero attached hydrogens (tertiary/aromatic N) is 3. The molecule has 0 aromatic heterocycles. The molecule has 2 unspecified atom stereocenters. The molecule has 2 aliphatic heterocycles. The average Bonchev–Trinajstić information content (AvgIpc) is 3.96. The molecular formula is C39H53F3N4O6S. The molecule has 2 atom stereocenters. The summed E-state index contributed by atoms with van der Waals surface area (Å²) in [5.41, 5.74) is -0.653. The number of ether oxygens (including phenoxy) is 2. The molecule has 0 radical (unpaired) electrons. The first-order chi connectivity index (χ1) is 25.1. The first-order valence-corrected chi connectivity index (χ1v) is 20.5. The van der Waals surface area contributed by atoms with Crippen molar-refractivity contribution in [2.24, 2.45) is 11.8 Å². The maximum atomic E-state index is 14.4. The van der Waals surface area contributed by atoms with Gasteiger partial charge in [-0.2, -0.15) is 17.5 Å². The lowest BCUT2D eigenvalue weighted by Crippen LogP contribution is -2.62. The molecule has 2 aliphatic carbocycles. The van der Waals surface area contributed by atoms with E-state index in [1.807, 2.05) is 0 Å². The molecule has 0 bridgehead atoms. The number of nitrogens with one attached hydrogen (secondary N) is 1. The van der Waals surface area contributed by atoms with Crippen molar-refractivity contribution >= 4 is 22.0 Å². The van der Waals surface area contributed by atoms with Crippen molar-refractivity contribution in [3.8, 4) is 5.75 Å². The molecule has 2 heterocycles. The Morgan fingerprint density at radius 1 is 0.849 bits per heavy atom. The van der Waals surface area contributed by atoms with Gasteiger partial charge in [-0.15, -0.1) is 0 Å². The lowest BCUT2D eigenvalue weighted by Gasteiger charge is -2.45. The number of halogens is 3. The van der Waals surface area contributed by atoms with Gasteiger partial charge in [-0.1, -0.05) is 31.4 Å². The van der Waals surface area contributed by atoms with Crippen LogP contribution < -0.4 is 10.1 Å². The van der Waals surface area contributed by atoms with Crippen molar-refractivity contribution < 1.29 is 40.7 Å². The second kappa shape index (κ2) is 16.2. The Hall–Kier alpha value is -3.36. The zero-order chi connectivity index (χ0) is 38.0. The van der Waals surface area contributed by atoms with E-state index >= 15 is 0 Å². The first-order valence-electron chi connectivity index (χ1n) is 19.0. The minimum absolute atomic E-state index is 0.0409. The number of carbonyl (C=O) groups excluding carboxylic acids is 2. The Labute approximate surface area is 311 Å². The van der Waals surface area contributed by atoms with Crippen LogP contribution in [-0.4, -0.2) is 91.5 Å². The number of hydrogen-bond acceptors (Lipinski definition) is 7. The van der Waals surface area contributed by atoms with E-state index in [1.165, 1.54) is 47.8 Å². The summed E-state index contributed by atoms with van der Waals surface area (Å²) in [4.78, 5) is 30.6. The van der Waals surface area contributed by atoms with Gasteiger partial charge in [0.25, 0.3) is 0 Å². The van der Waals surface area contributed by atoms with Crippen molar-refractivity contribution in [2.75, 3.05) is 39.3 Å². The maximum Gasteiger partial charge on any atom is 0.416 e. The summed E-state index contributed by atoms with van der Waals surface area (Å²) in [5.74, 6) is 0.957. The Balaban J connectivity index is 1.20. The molecule has 2 saturated carbocycles. The molecule has 292 valence electrons. The number of likely N-dealkylation sites (tertiary alicyclic amines) is 1. The van der Waals surface area contributed by atoms with Gasteiger partial charge in [0.05, 0.1) is 17.1 Å². The lowest BCUT2D eigenvalue weighted by atomic mass is 9.90. The predicted octanol–water partition coefficient (Wildman–Crippen LogP) is 7.01. The van der Waals surface area contributed by atoms with Crippen LogP contribution in [0.1, 0.15) is 95.7 Å². The van der Waals surface area contributed by atoms with Crippen LogP contribution in [0.15, 0.2) is 53.4 Å². The van der Waals surface area contributed by atoms with E-state index in [0.29, 0.717) is 50.8 Å². The van der Waals surface area contributed by atoms with E-state index in [-0.39, 0.29) is 41.9 Å². The van der Waals surface area contributed by atoms with Gasteiger partial charge in [0.2, 0.25) is 15.9 Å². The smallest absolute Gasteiger partial charge is 0.416 e. The monoisotopic (exact) mass is 762 g/mol. The quantitative estimate of drug-likeness (QED) is 0.278. The van der Waals surface area contributed by atoms with Crippen LogP contribution in [0.2, 0.25) is 0 Å². The Morgan fingerprint density at radius 3 is 2.08 bits per heavy atom. The van der Waals surface area contributed by atoms with E-state index in [2.05, 4.69) is 10.2 Å². The van der Waals surface area contributed by atoms with Crippen molar-refractivity contribution in [1.29, 1.82) is 0 Å². The highest BCUT2D eigenvalue weighted by Crippen LogP contribution is 2.46. The molecule has 4 fully saturated rings. The van der Waals surface area contributed by atoms with E-state index in [1.54, 1.807) is 37.8 Å². The topological polar surface area (TPSA) is 108 Å². The molecule has 0 spiro atoms. The number of piperazine rings is 1. The lowest BCUT2D eigenvalue weighted by molar-refractivity contribution is -0.139. The molecule has 4 aliphatic rings. The van der Waals surface area contributed by atoms with Crippen molar-refractivity contribution in [1.82, 2.24) is 19.4 Å². The van der Waals surface area contributed by atoms with Crippen molar-refractivity contribution in [3.63, 3.8) is 0 Å². The van der Waals surface area contributed by atoms with Crippen LogP contribution in [0.4, 0.5) is 18.0 Å². The molecule has 2 aromatic carbocycles. The average molecular weight is 763 g/mol. The summed E-state index contributed by atoms with van der Waals surface area (Å²) in [6, 6.07) is 10.1. The fraction of sp³-hybridized carbons (Fsp3) is 0.641. The molecular weight excluding hydrogens is 710 g/mol. The molecule has 2 saturated heterocycles. The third-order valence-electron chi connectivity index (χ3n) is 10.9. The van der Waals surface area contributed by atoms with Crippen LogP contribution in [0, 0.1) is 11.8 Å². The standard InChI is InChI=1S/C39H53F3N4O6S/c1-38(2,3)52-37(48)43-31-19-21-44(22-20-31)36(47)34-25-45(35(28-9-10-28)29-11-13-30(14-12-29)39(40,41)42)23-24-46(34)53(49,50)33-17-15-32(16-18-33)51-26-27-7-5-4-6-8-27/h11-18,27-28,31,34-35H,4-10,19-26H2,1-3H3,(H,43,48). The number of carbonyl (C=O) groups is 2. The minimum atomic E-state index is -4.46. The first kappa shape index (κ1) is 39.3. The molecule has 14 heteroatoms. The molecule has 2 amide bonds. The van der Waals surface area contributed by atoms with Crippen LogP contribution in [0.3, 0.4) is 0 Å². The molecule has 6 rings (SSSR count). The maximum absolute atomic E-state index is 14.4. The second-order valence-electron chi connectivity index (χ2n) is 16.1. The summed E-state index contributed by atoms with van der Waals surface area (Å²) in [7, 11) is -4.13. The molecule has 2 aromatic rings.